The van der Waals surface area contributed by atoms with Crippen LogP contribution in [0.1, 0.15) is 52.3 Å². The molecule has 1 rings (SSSR count). The number of hydrogen-bond donors (Lipinski definition) is 1. The van der Waals surface area contributed by atoms with Gasteiger partial charge in [0.05, 0.1) is 5.75 Å². The first kappa shape index (κ1) is 16.8. The average molecular weight is 299 g/mol. The number of rotatable bonds is 8. The summed E-state index contributed by atoms with van der Waals surface area (Å²) in [6, 6.07) is 0. The molecule has 1 heterocycles. The molecule has 0 aliphatic rings. The van der Waals surface area contributed by atoms with Gasteiger partial charge in [-0.2, -0.15) is 0 Å². The normalized spacial score (nSPS) is 11.1. The molecule has 7 heteroatoms. The highest BCUT2D eigenvalue weighted by atomic mass is 32.2. The van der Waals surface area contributed by atoms with E-state index in [1.165, 1.54) is 16.4 Å². The minimum absolute atomic E-state index is 0.132. The quantitative estimate of drug-likeness (QED) is 0.585. The summed E-state index contributed by atoms with van der Waals surface area (Å²) >= 11 is 1.35. The van der Waals surface area contributed by atoms with Gasteiger partial charge in [-0.05, 0) is 12.8 Å². The van der Waals surface area contributed by atoms with Gasteiger partial charge < -0.3 is 10.7 Å². The van der Waals surface area contributed by atoms with Crippen LogP contribution in [-0.2, 0) is 4.79 Å². The minimum Gasteiger partial charge on any atom is -0.342 e. The number of nitrogen functional groups attached to an aromatic ring is 1. The van der Waals surface area contributed by atoms with E-state index >= 15 is 0 Å². The summed E-state index contributed by atoms with van der Waals surface area (Å²) in [6.45, 7) is 9.79. The third-order valence-electron chi connectivity index (χ3n) is 2.87. The summed E-state index contributed by atoms with van der Waals surface area (Å²) in [5.74, 6) is 7.37. The molecule has 0 saturated carbocycles. The number of thioether (sulfide) groups is 1. The molecule has 20 heavy (non-hydrogen) atoms. The Kier molecular flexibility index (Phi) is 6.84. The number of carbonyl (C=O) groups is 1. The number of aromatic nitrogens is 3. The van der Waals surface area contributed by atoms with Crippen LogP contribution < -0.4 is 5.84 Å². The molecule has 0 aliphatic heterocycles. The van der Waals surface area contributed by atoms with Crippen molar-refractivity contribution in [1.82, 2.24) is 19.8 Å². The van der Waals surface area contributed by atoms with Crippen molar-refractivity contribution < 1.29 is 4.79 Å². The van der Waals surface area contributed by atoms with Gasteiger partial charge in [-0.3, -0.25) is 4.79 Å². The van der Waals surface area contributed by atoms with Gasteiger partial charge in [-0.1, -0.05) is 39.5 Å². The van der Waals surface area contributed by atoms with Crippen molar-refractivity contribution in [2.75, 3.05) is 24.7 Å². The second-order valence-corrected chi connectivity index (χ2v) is 5.98. The summed E-state index contributed by atoms with van der Waals surface area (Å²) in [5.41, 5.74) is 0. The van der Waals surface area contributed by atoms with Crippen LogP contribution in [0.15, 0.2) is 5.16 Å². The van der Waals surface area contributed by atoms with Crippen LogP contribution in [-0.4, -0.2) is 44.5 Å². The zero-order chi connectivity index (χ0) is 15.1. The standard InChI is InChI=1S/C13H25N5OS/c1-5-7-17(8-6-2)11(19)9-20-13-16-15-12(10(3)4)18(13)14/h10H,5-9,14H2,1-4H3. The molecule has 1 amide bonds. The molecular weight excluding hydrogens is 274 g/mol. The SMILES string of the molecule is CCCN(CCC)C(=O)CSc1nnc(C(C)C)n1N. The Morgan fingerprint density at radius 2 is 1.90 bits per heavy atom. The lowest BCUT2D eigenvalue weighted by Gasteiger charge is -2.21. The summed E-state index contributed by atoms with van der Waals surface area (Å²) in [7, 11) is 0. The molecule has 2 N–H and O–H groups in total. The maximum Gasteiger partial charge on any atom is 0.233 e. The van der Waals surface area contributed by atoms with Crippen molar-refractivity contribution in [2.45, 2.75) is 51.6 Å². The van der Waals surface area contributed by atoms with Gasteiger partial charge in [-0.15, -0.1) is 10.2 Å². The molecular formula is C13H25N5OS. The Morgan fingerprint density at radius 3 is 2.35 bits per heavy atom. The van der Waals surface area contributed by atoms with Crippen LogP contribution in [0, 0.1) is 0 Å². The molecule has 0 unspecified atom stereocenters. The number of carbonyl (C=O) groups excluding carboxylic acids is 1. The van der Waals surface area contributed by atoms with Gasteiger partial charge >= 0.3 is 0 Å². The van der Waals surface area contributed by atoms with E-state index < -0.39 is 0 Å². The van der Waals surface area contributed by atoms with E-state index in [1.54, 1.807) is 0 Å². The van der Waals surface area contributed by atoms with Gasteiger partial charge in [0.15, 0.2) is 5.82 Å². The Bertz CT molecular complexity index is 426. The van der Waals surface area contributed by atoms with Gasteiger partial charge in [0, 0.05) is 19.0 Å². The molecule has 1 aromatic rings. The zero-order valence-electron chi connectivity index (χ0n) is 12.8. The van der Waals surface area contributed by atoms with E-state index in [2.05, 4.69) is 24.0 Å². The monoisotopic (exact) mass is 299 g/mol. The van der Waals surface area contributed by atoms with Gasteiger partial charge in [-0.25, -0.2) is 4.68 Å². The predicted molar refractivity (Wildman–Crippen MR) is 82.1 cm³/mol. The highest BCUT2D eigenvalue weighted by molar-refractivity contribution is 7.99. The highest BCUT2D eigenvalue weighted by Gasteiger charge is 2.16. The number of hydrogen-bond acceptors (Lipinski definition) is 5. The second kappa shape index (κ2) is 8.14. The highest BCUT2D eigenvalue weighted by Crippen LogP contribution is 2.19. The van der Waals surface area contributed by atoms with Gasteiger partial charge in [0.1, 0.15) is 0 Å². The number of amides is 1. The molecule has 6 nitrogen and oxygen atoms in total. The lowest BCUT2D eigenvalue weighted by atomic mass is 10.2. The van der Waals surface area contributed by atoms with E-state index in [1.807, 2.05) is 18.7 Å². The fourth-order valence-electron chi connectivity index (χ4n) is 1.90. The lowest BCUT2D eigenvalue weighted by Crippen LogP contribution is -2.34. The van der Waals surface area contributed by atoms with Crippen LogP contribution in [0.4, 0.5) is 0 Å². The van der Waals surface area contributed by atoms with Gasteiger partial charge in [0.2, 0.25) is 11.1 Å². The lowest BCUT2D eigenvalue weighted by molar-refractivity contribution is -0.128. The molecule has 0 aliphatic carbocycles. The number of nitrogens with two attached hydrogens (primary N) is 1. The first-order chi connectivity index (χ1) is 9.51. The summed E-state index contributed by atoms with van der Waals surface area (Å²) in [6.07, 6.45) is 1.95. The molecule has 0 saturated heterocycles. The van der Waals surface area contributed by atoms with Crippen molar-refractivity contribution in [3.8, 4) is 0 Å². The summed E-state index contributed by atoms with van der Waals surface area (Å²) in [5, 5.41) is 8.69. The van der Waals surface area contributed by atoms with Crippen LogP contribution in [0.2, 0.25) is 0 Å². The molecule has 0 fully saturated rings. The Balaban J connectivity index is 2.59. The van der Waals surface area contributed by atoms with Crippen molar-refractivity contribution in [3.63, 3.8) is 0 Å². The molecule has 1 aromatic heterocycles. The van der Waals surface area contributed by atoms with Crippen molar-refractivity contribution in [3.05, 3.63) is 5.82 Å². The smallest absolute Gasteiger partial charge is 0.233 e. The van der Waals surface area contributed by atoms with Crippen LogP contribution >= 0.6 is 11.8 Å². The van der Waals surface area contributed by atoms with Crippen LogP contribution in [0.25, 0.3) is 0 Å². The summed E-state index contributed by atoms with van der Waals surface area (Å²) < 4.78 is 1.48. The van der Waals surface area contributed by atoms with Crippen molar-refractivity contribution in [2.24, 2.45) is 0 Å². The van der Waals surface area contributed by atoms with E-state index in [-0.39, 0.29) is 11.8 Å². The Labute approximate surface area is 125 Å². The molecule has 114 valence electrons. The topological polar surface area (TPSA) is 77.0 Å². The van der Waals surface area contributed by atoms with Crippen molar-refractivity contribution >= 4 is 17.7 Å². The van der Waals surface area contributed by atoms with E-state index in [0.717, 1.165) is 31.8 Å². The van der Waals surface area contributed by atoms with E-state index in [4.69, 9.17) is 5.84 Å². The minimum atomic E-state index is 0.132. The predicted octanol–water partition coefficient (Wildman–Crippen LogP) is 1.86. The second-order valence-electron chi connectivity index (χ2n) is 5.03. The first-order valence-electron chi connectivity index (χ1n) is 7.12. The van der Waals surface area contributed by atoms with E-state index in [9.17, 15) is 4.79 Å². The molecule has 0 aromatic carbocycles. The first-order valence-corrected chi connectivity index (χ1v) is 8.10. The maximum absolute atomic E-state index is 12.2. The third kappa shape index (κ3) is 4.40. The molecule has 0 atom stereocenters. The third-order valence-corrected chi connectivity index (χ3v) is 3.80. The molecule has 0 radical (unpaired) electrons. The zero-order valence-corrected chi connectivity index (χ0v) is 13.6. The largest absolute Gasteiger partial charge is 0.342 e. The van der Waals surface area contributed by atoms with Crippen LogP contribution in [0.3, 0.4) is 0 Å². The maximum atomic E-state index is 12.2. The summed E-state index contributed by atoms with van der Waals surface area (Å²) in [4.78, 5) is 14.1. The average Bonchev–Trinajstić information content (AvgIpc) is 2.77. The molecule has 0 spiro atoms. The Hall–Kier alpha value is -1.24. The van der Waals surface area contributed by atoms with E-state index in [0.29, 0.717) is 10.9 Å². The Morgan fingerprint density at radius 1 is 1.30 bits per heavy atom. The fourth-order valence-corrected chi connectivity index (χ4v) is 2.67. The van der Waals surface area contributed by atoms with Crippen LogP contribution in [0.5, 0.6) is 0 Å². The molecule has 0 bridgehead atoms. The fraction of sp³-hybridized carbons (Fsp3) is 0.769. The van der Waals surface area contributed by atoms with Crippen molar-refractivity contribution in [1.29, 1.82) is 0 Å². The van der Waals surface area contributed by atoms with Gasteiger partial charge in [0.25, 0.3) is 0 Å². The number of nitrogens with zero attached hydrogens (tertiary/aromatic N) is 4.